The van der Waals surface area contributed by atoms with Crippen LogP contribution < -0.4 is 0 Å². The lowest BCUT2D eigenvalue weighted by atomic mass is 9.77. The second kappa shape index (κ2) is 5.53. The second-order valence-corrected chi connectivity index (χ2v) is 6.45. The molecular weight excluding hydrogens is 274 g/mol. The largest absolute Gasteiger partial charge is 0.492 e. The van der Waals surface area contributed by atoms with Gasteiger partial charge in [0.15, 0.2) is 0 Å². The lowest BCUT2D eigenvalue weighted by Crippen LogP contribution is -2.41. The predicted molar refractivity (Wildman–Crippen MR) is 82.6 cm³/mol. The van der Waals surface area contributed by atoms with E-state index in [1.54, 1.807) is 0 Å². The summed E-state index contributed by atoms with van der Waals surface area (Å²) in [5, 5.41) is 10.3. The molecule has 2 rings (SSSR count). The van der Waals surface area contributed by atoms with Crippen molar-refractivity contribution in [2.75, 3.05) is 6.61 Å². The van der Waals surface area contributed by atoms with E-state index in [0.717, 1.165) is 5.56 Å². The Kier molecular flexibility index (Phi) is 4.31. The third kappa shape index (κ3) is 3.09. The van der Waals surface area contributed by atoms with Crippen LogP contribution in [0.4, 0.5) is 0 Å². The van der Waals surface area contributed by atoms with Crippen molar-refractivity contribution in [3.05, 3.63) is 40.3 Å². The standard InChI is InChI=1S/C15H20BClO3/c1-14(2)15(3,4)20-16(19-14)12(10-18)9-11-5-7-13(17)8-6-11/h5-9,18H,10H2,1-4H3. The number of hydrogen-bond acceptors (Lipinski definition) is 3. The predicted octanol–water partition coefficient (Wildman–Crippen LogP) is 3.35. The lowest BCUT2D eigenvalue weighted by Gasteiger charge is -2.32. The molecule has 1 heterocycles. The van der Waals surface area contributed by atoms with Crippen LogP contribution in [0.2, 0.25) is 5.02 Å². The van der Waals surface area contributed by atoms with E-state index in [9.17, 15) is 5.11 Å². The summed E-state index contributed by atoms with van der Waals surface area (Å²) >= 11 is 5.86. The minimum absolute atomic E-state index is 0.112. The Labute approximate surface area is 125 Å². The van der Waals surface area contributed by atoms with Crippen molar-refractivity contribution in [3.8, 4) is 0 Å². The average Bonchev–Trinajstić information content (AvgIpc) is 2.57. The van der Waals surface area contributed by atoms with Gasteiger partial charge in [0.2, 0.25) is 0 Å². The highest BCUT2D eigenvalue weighted by atomic mass is 35.5. The van der Waals surface area contributed by atoms with Crippen LogP contribution in [-0.4, -0.2) is 30.0 Å². The SMILES string of the molecule is CC1(C)OB(C(=Cc2ccc(Cl)cc2)CO)OC1(C)C. The minimum Gasteiger partial charge on any atom is -0.400 e. The van der Waals surface area contributed by atoms with E-state index < -0.39 is 18.3 Å². The first-order chi connectivity index (χ1) is 9.25. The maximum atomic E-state index is 9.59. The molecule has 1 saturated heterocycles. The Balaban J connectivity index is 2.24. The molecule has 108 valence electrons. The smallest absolute Gasteiger partial charge is 0.400 e. The van der Waals surface area contributed by atoms with Crippen LogP contribution in [0.1, 0.15) is 33.3 Å². The van der Waals surface area contributed by atoms with Crippen molar-refractivity contribution in [2.45, 2.75) is 38.9 Å². The zero-order chi connectivity index (χ0) is 15.0. The maximum Gasteiger partial charge on any atom is 0.492 e. The summed E-state index contributed by atoms with van der Waals surface area (Å²) < 4.78 is 11.9. The molecule has 1 aliphatic rings. The lowest BCUT2D eigenvalue weighted by molar-refractivity contribution is 0.00578. The summed E-state index contributed by atoms with van der Waals surface area (Å²) in [5.74, 6) is 0. The third-order valence-electron chi connectivity index (χ3n) is 3.96. The number of hydrogen-bond donors (Lipinski definition) is 1. The summed E-state index contributed by atoms with van der Waals surface area (Å²) in [7, 11) is -0.527. The summed E-state index contributed by atoms with van der Waals surface area (Å²) in [4.78, 5) is 0. The Hall–Kier alpha value is -0.805. The van der Waals surface area contributed by atoms with Gasteiger partial charge in [-0.3, -0.25) is 0 Å². The molecule has 20 heavy (non-hydrogen) atoms. The molecule has 1 fully saturated rings. The molecule has 1 aromatic carbocycles. The maximum absolute atomic E-state index is 9.59. The first-order valence-corrected chi connectivity index (χ1v) is 7.05. The zero-order valence-electron chi connectivity index (χ0n) is 12.3. The average molecular weight is 295 g/mol. The van der Waals surface area contributed by atoms with Crippen molar-refractivity contribution in [1.82, 2.24) is 0 Å². The number of halogens is 1. The Morgan fingerprint density at radius 1 is 1.15 bits per heavy atom. The van der Waals surface area contributed by atoms with Crippen molar-refractivity contribution < 1.29 is 14.4 Å². The third-order valence-corrected chi connectivity index (χ3v) is 4.21. The van der Waals surface area contributed by atoms with Crippen LogP contribution in [0, 0.1) is 0 Å². The molecule has 0 unspecified atom stereocenters. The van der Waals surface area contributed by atoms with E-state index in [1.165, 1.54) is 0 Å². The van der Waals surface area contributed by atoms with Gasteiger partial charge in [-0.1, -0.05) is 29.8 Å². The molecule has 1 aromatic rings. The minimum atomic E-state index is -0.527. The second-order valence-electron chi connectivity index (χ2n) is 6.02. The van der Waals surface area contributed by atoms with E-state index in [-0.39, 0.29) is 6.61 Å². The number of rotatable bonds is 3. The fourth-order valence-electron chi connectivity index (χ4n) is 1.96. The molecule has 3 nitrogen and oxygen atoms in total. The van der Waals surface area contributed by atoms with Gasteiger partial charge in [-0.05, 0) is 50.9 Å². The van der Waals surface area contributed by atoms with Gasteiger partial charge >= 0.3 is 7.12 Å². The van der Waals surface area contributed by atoms with E-state index in [4.69, 9.17) is 20.9 Å². The molecule has 0 atom stereocenters. The molecule has 0 amide bonds. The molecule has 0 saturated carbocycles. The van der Waals surface area contributed by atoms with Gasteiger partial charge in [-0.15, -0.1) is 0 Å². The molecule has 0 bridgehead atoms. The highest BCUT2D eigenvalue weighted by molar-refractivity contribution is 6.55. The number of benzene rings is 1. The Bertz CT molecular complexity index is 492. The Morgan fingerprint density at radius 3 is 2.10 bits per heavy atom. The van der Waals surface area contributed by atoms with Gasteiger partial charge < -0.3 is 14.4 Å². The van der Waals surface area contributed by atoms with Crippen LogP contribution in [0.25, 0.3) is 6.08 Å². The molecule has 0 aromatic heterocycles. The summed E-state index contributed by atoms with van der Waals surface area (Å²) in [5.41, 5.74) is 0.830. The van der Waals surface area contributed by atoms with E-state index >= 15 is 0 Å². The Morgan fingerprint density at radius 2 is 1.65 bits per heavy atom. The molecule has 5 heteroatoms. The van der Waals surface area contributed by atoms with Gasteiger partial charge in [-0.2, -0.15) is 0 Å². The van der Waals surface area contributed by atoms with Crippen LogP contribution in [-0.2, 0) is 9.31 Å². The van der Waals surface area contributed by atoms with Crippen LogP contribution >= 0.6 is 11.6 Å². The molecule has 0 spiro atoms. The van der Waals surface area contributed by atoms with Crippen molar-refractivity contribution in [1.29, 1.82) is 0 Å². The van der Waals surface area contributed by atoms with Crippen LogP contribution in [0.3, 0.4) is 0 Å². The number of aliphatic hydroxyl groups excluding tert-OH is 1. The highest BCUT2D eigenvalue weighted by Crippen LogP contribution is 2.38. The molecule has 1 aliphatic heterocycles. The van der Waals surface area contributed by atoms with E-state index in [2.05, 4.69) is 0 Å². The van der Waals surface area contributed by atoms with Gasteiger partial charge in [0, 0.05) is 5.02 Å². The first kappa shape index (κ1) is 15.6. The van der Waals surface area contributed by atoms with Crippen molar-refractivity contribution >= 4 is 24.8 Å². The van der Waals surface area contributed by atoms with Crippen molar-refractivity contribution in [2.24, 2.45) is 0 Å². The quantitative estimate of drug-likeness (QED) is 0.869. The summed E-state index contributed by atoms with van der Waals surface area (Å²) in [6.45, 7) is 7.85. The van der Waals surface area contributed by atoms with Gasteiger partial charge in [-0.25, -0.2) is 0 Å². The fraction of sp³-hybridized carbons (Fsp3) is 0.467. The monoisotopic (exact) mass is 294 g/mol. The summed E-state index contributed by atoms with van der Waals surface area (Å²) in [6.07, 6.45) is 1.87. The number of aliphatic hydroxyl groups is 1. The van der Waals surface area contributed by atoms with Crippen LogP contribution in [0.5, 0.6) is 0 Å². The zero-order valence-corrected chi connectivity index (χ0v) is 13.1. The molecule has 1 N–H and O–H groups in total. The fourth-order valence-corrected chi connectivity index (χ4v) is 2.08. The normalized spacial score (nSPS) is 21.3. The molecule has 0 aliphatic carbocycles. The van der Waals surface area contributed by atoms with Gasteiger partial charge in [0.25, 0.3) is 0 Å². The van der Waals surface area contributed by atoms with Gasteiger partial charge in [0.1, 0.15) is 0 Å². The van der Waals surface area contributed by atoms with Gasteiger partial charge in [0.05, 0.1) is 17.8 Å². The first-order valence-electron chi connectivity index (χ1n) is 6.68. The van der Waals surface area contributed by atoms with Crippen LogP contribution in [0.15, 0.2) is 29.7 Å². The van der Waals surface area contributed by atoms with Crippen molar-refractivity contribution in [3.63, 3.8) is 0 Å². The highest BCUT2D eigenvalue weighted by Gasteiger charge is 2.52. The topological polar surface area (TPSA) is 38.7 Å². The molecule has 0 radical (unpaired) electrons. The molecular formula is C15H20BClO3. The van der Waals surface area contributed by atoms with E-state index in [0.29, 0.717) is 10.5 Å². The summed E-state index contributed by atoms with van der Waals surface area (Å²) in [6, 6.07) is 7.41. The van der Waals surface area contributed by atoms with E-state index in [1.807, 2.05) is 58.0 Å².